The standard InChI is InChI=1S/C32H35BrClN3O6Si/c1-42-24-9-5-21(6-10-24)19-35-14-13-32(29(30(35)38)25-11-7-22(33)17-28(25)37(40)41)26-18-23(34)8-12-27(26)36(31(32)39)20-43-15-16-44(2,3)4/h5-12,17-18,29H,13-16,19-20H2,1-4H3/t29-,32-/m1/s1. The summed E-state index contributed by atoms with van der Waals surface area (Å²) >= 11 is 9.85. The maximum atomic E-state index is 14.7. The normalized spacial score (nSPS) is 19.9. The van der Waals surface area contributed by atoms with Crippen LogP contribution in [0.4, 0.5) is 11.4 Å². The average Bonchev–Trinajstić information content (AvgIpc) is 3.19. The molecule has 2 amide bonds. The predicted molar refractivity (Wildman–Crippen MR) is 176 cm³/mol. The number of nitro benzene ring substituents is 1. The Morgan fingerprint density at radius 1 is 1.09 bits per heavy atom. The van der Waals surface area contributed by atoms with E-state index in [4.69, 9.17) is 21.1 Å². The van der Waals surface area contributed by atoms with Crippen LogP contribution < -0.4 is 9.64 Å². The molecule has 0 bridgehead atoms. The number of hydrogen-bond donors (Lipinski definition) is 0. The maximum absolute atomic E-state index is 14.7. The summed E-state index contributed by atoms with van der Waals surface area (Å²) in [5, 5.41) is 12.8. The summed E-state index contributed by atoms with van der Waals surface area (Å²) in [5.41, 5.74) is 0.608. The van der Waals surface area contributed by atoms with Crippen molar-refractivity contribution in [1.29, 1.82) is 0 Å². The van der Waals surface area contributed by atoms with Gasteiger partial charge in [-0.1, -0.05) is 65.4 Å². The Balaban J connectivity index is 1.61. The molecule has 1 spiro atoms. The lowest BCUT2D eigenvalue weighted by Gasteiger charge is -2.44. The highest BCUT2D eigenvalue weighted by Crippen LogP contribution is 2.56. The number of piperidine rings is 1. The van der Waals surface area contributed by atoms with Crippen LogP contribution in [0.25, 0.3) is 0 Å². The van der Waals surface area contributed by atoms with Gasteiger partial charge in [-0.2, -0.15) is 0 Å². The zero-order valence-electron chi connectivity index (χ0n) is 25.1. The number of carbonyl (C=O) groups is 2. The first-order chi connectivity index (χ1) is 20.9. The van der Waals surface area contributed by atoms with Gasteiger partial charge < -0.3 is 14.4 Å². The second-order valence-corrected chi connectivity index (χ2v) is 19.4. The molecule has 0 aliphatic carbocycles. The molecule has 0 unspecified atom stereocenters. The van der Waals surface area contributed by atoms with Crippen molar-refractivity contribution < 1.29 is 24.0 Å². The number of carbonyl (C=O) groups excluding carboxylic acids is 2. The number of hydrogen-bond acceptors (Lipinski definition) is 6. The van der Waals surface area contributed by atoms with Gasteiger partial charge in [0, 0.05) is 48.9 Å². The minimum atomic E-state index is -1.41. The molecule has 3 aromatic rings. The third-order valence-corrected chi connectivity index (χ3v) is 10.9. The number of anilines is 1. The van der Waals surface area contributed by atoms with E-state index < -0.39 is 24.3 Å². The second kappa shape index (κ2) is 12.6. The van der Waals surface area contributed by atoms with Gasteiger partial charge in [0.25, 0.3) is 5.69 Å². The van der Waals surface area contributed by atoms with Crippen LogP contribution in [0.2, 0.25) is 30.7 Å². The molecule has 232 valence electrons. The highest BCUT2D eigenvalue weighted by Gasteiger charge is 2.62. The number of nitrogens with zero attached hydrogens (tertiary/aromatic N) is 3. The molecule has 12 heteroatoms. The molecule has 1 saturated heterocycles. The molecule has 2 heterocycles. The molecule has 2 aliphatic rings. The SMILES string of the molecule is COc1ccc(CN2CC[C@]3(C(=O)N(COCC[Si](C)(C)C)c4ccc(Cl)cc43)[C@H](c3ccc(Br)cc3[N+](=O)[O-])C2=O)cc1. The topological polar surface area (TPSA) is 102 Å². The monoisotopic (exact) mass is 699 g/mol. The van der Waals surface area contributed by atoms with E-state index >= 15 is 0 Å². The lowest BCUT2D eigenvalue weighted by Crippen LogP contribution is -2.56. The smallest absolute Gasteiger partial charge is 0.274 e. The van der Waals surface area contributed by atoms with E-state index in [9.17, 15) is 19.7 Å². The summed E-state index contributed by atoms with van der Waals surface area (Å²) in [6, 6.07) is 18.2. The number of ether oxygens (including phenoxy) is 2. The van der Waals surface area contributed by atoms with E-state index in [2.05, 4.69) is 35.6 Å². The Hall–Kier alpha value is -3.25. The number of rotatable bonds is 10. The minimum Gasteiger partial charge on any atom is -0.497 e. The number of fused-ring (bicyclic) bond motifs is 2. The quantitative estimate of drug-likeness (QED) is 0.0966. The summed E-state index contributed by atoms with van der Waals surface area (Å²) in [7, 11) is 0.214. The number of nitro groups is 1. The van der Waals surface area contributed by atoms with Crippen LogP contribution >= 0.6 is 27.5 Å². The molecule has 0 N–H and O–H groups in total. The molecule has 3 aromatic carbocycles. The molecule has 0 saturated carbocycles. The number of halogens is 2. The molecular formula is C32H35BrClN3O6Si. The van der Waals surface area contributed by atoms with Crippen molar-refractivity contribution in [2.45, 2.75) is 50.0 Å². The van der Waals surface area contributed by atoms with Crippen molar-refractivity contribution in [1.82, 2.24) is 4.90 Å². The van der Waals surface area contributed by atoms with Crippen LogP contribution in [0.15, 0.2) is 65.1 Å². The van der Waals surface area contributed by atoms with Crippen molar-refractivity contribution in [3.05, 3.63) is 97.0 Å². The molecule has 2 atom stereocenters. The average molecular weight is 701 g/mol. The van der Waals surface area contributed by atoms with Crippen molar-refractivity contribution >= 4 is 58.8 Å². The Morgan fingerprint density at radius 2 is 1.82 bits per heavy atom. The first-order valence-corrected chi connectivity index (χ1v) is 19.3. The van der Waals surface area contributed by atoms with Crippen molar-refractivity contribution in [3.8, 4) is 5.75 Å². The fraction of sp³-hybridized carbons (Fsp3) is 0.375. The van der Waals surface area contributed by atoms with Gasteiger partial charge in [0.1, 0.15) is 12.5 Å². The van der Waals surface area contributed by atoms with Crippen molar-refractivity contribution in [2.75, 3.05) is 31.9 Å². The Kier molecular flexibility index (Phi) is 9.23. The fourth-order valence-corrected chi connectivity index (χ4v) is 7.41. The highest BCUT2D eigenvalue weighted by molar-refractivity contribution is 9.10. The zero-order valence-corrected chi connectivity index (χ0v) is 28.5. The number of amides is 2. The van der Waals surface area contributed by atoms with Crippen molar-refractivity contribution in [2.24, 2.45) is 0 Å². The fourth-order valence-electron chi connectivity index (χ4n) is 6.13. The predicted octanol–water partition coefficient (Wildman–Crippen LogP) is 7.13. The van der Waals surface area contributed by atoms with Crippen LogP contribution in [-0.4, -0.2) is 56.7 Å². The molecule has 5 rings (SSSR count). The van der Waals surface area contributed by atoms with Crippen LogP contribution in [0.5, 0.6) is 5.75 Å². The van der Waals surface area contributed by atoms with E-state index in [1.54, 1.807) is 47.2 Å². The number of likely N-dealkylation sites (tertiary alicyclic amines) is 1. The molecule has 0 radical (unpaired) electrons. The van der Waals surface area contributed by atoms with E-state index in [-0.39, 0.29) is 49.3 Å². The molecule has 9 nitrogen and oxygen atoms in total. The molecule has 0 aromatic heterocycles. The van der Waals surface area contributed by atoms with Crippen molar-refractivity contribution in [3.63, 3.8) is 0 Å². The summed E-state index contributed by atoms with van der Waals surface area (Å²) in [6.45, 7) is 7.83. The first-order valence-electron chi connectivity index (χ1n) is 14.4. The number of benzene rings is 3. The Bertz CT molecular complexity index is 1600. The van der Waals surface area contributed by atoms with Gasteiger partial charge >= 0.3 is 0 Å². The van der Waals surface area contributed by atoms with E-state index in [1.165, 1.54) is 6.07 Å². The van der Waals surface area contributed by atoms with Crippen LogP contribution in [0, 0.1) is 10.1 Å². The summed E-state index contributed by atoms with van der Waals surface area (Å²) in [4.78, 5) is 44.4. The molecule has 2 aliphatic heterocycles. The van der Waals surface area contributed by atoms with Gasteiger partial charge in [-0.15, -0.1) is 0 Å². The van der Waals surface area contributed by atoms with Gasteiger partial charge in [0.15, 0.2) is 0 Å². The minimum absolute atomic E-state index is 0.0125. The van der Waals surface area contributed by atoms with Gasteiger partial charge in [0.05, 0.1) is 29.1 Å². The third kappa shape index (κ3) is 6.15. The summed E-state index contributed by atoms with van der Waals surface area (Å²) in [5.74, 6) is -1.15. The van der Waals surface area contributed by atoms with Gasteiger partial charge in [-0.05, 0) is 60.0 Å². The Morgan fingerprint density at radius 3 is 2.48 bits per heavy atom. The van der Waals surface area contributed by atoms with Crippen LogP contribution in [-0.2, 0) is 26.3 Å². The maximum Gasteiger partial charge on any atom is 0.274 e. The Labute approximate surface area is 271 Å². The lowest BCUT2D eigenvalue weighted by molar-refractivity contribution is -0.385. The van der Waals surface area contributed by atoms with Gasteiger partial charge in [0.2, 0.25) is 11.8 Å². The second-order valence-electron chi connectivity index (χ2n) is 12.5. The molecule has 44 heavy (non-hydrogen) atoms. The van der Waals surface area contributed by atoms with E-state index in [0.717, 1.165) is 11.6 Å². The van der Waals surface area contributed by atoms with Gasteiger partial charge in [-0.25, -0.2) is 0 Å². The van der Waals surface area contributed by atoms with Crippen LogP contribution in [0.1, 0.15) is 29.0 Å². The number of methoxy groups -OCH3 is 1. The largest absolute Gasteiger partial charge is 0.497 e. The first kappa shape index (κ1) is 32.1. The van der Waals surface area contributed by atoms with E-state index in [0.29, 0.717) is 33.1 Å². The van der Waals surface area contributed by atoms with Crippen LogP contribution in [0.3, 0.4) is 0 Å². The summed E-state index contributed by atoms with van der Waals surface area (Å²) < 4.78 is 11.8. The third-order valence-electron chi connectivity index (χ3n) is 8.43. The van der Waals surface area contributed by atoms with Gasteiger partial charge in [-0.3, -0.25) is 24.6 Å². The summed E-state index contributed by atoms with van der Waals surface area (Å²) in [6.07, 6.45) is 0.254. The van der Waals surface area contributed by atoms with E-state index in [1.807, 2.05) is 24.3 Å². The molecule has 1 fully saturated rings. The highest BCUT2D eigenvalue weighted by atomic mass is 79.9. The molecular weight excluding hydrogens is 666 g/mol. The lowest BCUT2D eigenvalue weighted by atomic mass is 9.63. The zero-order chi connectivity index (χ0) is 31.8.